The molecule has 1 aromatic rings. The van der Waals surface area contributed by atoms with Crippen LogP contribution < -0.4 is 5.32 Å². The van der Waals surface area contributed by atoms with Gasteiger partial charge in [0.1, 0.15) is 0 Å². The summed E-state index contributed by atoms with van der Waals surface area (Å²) in [5, 5.41) is 3.35. The first-order chi connectivity index (χ1) is 10.1. The highest BCUT2D eigenvalue weighted by atomic mass is 16.5. The van der Waals surface area contributed by atoms with Crippen molar-refractivity contribution >= 4 is 11.7 Å². The summed E-state index contributed by atoms with van der Waals surface area (Å²) in [6, 6.07) is 7.84. The molecule has 112 valence electrons. The van der Waals surface area contributed by atoms with Gasteiger partial charge in [-0.25, -0.2) is 4.79 Å². The third kappa shape index (κ3) is 7.22. The molecule has 21 heavy (non-hydrogen) atoms. The molecule has 0 atom stereocenters. The van der Waals surface area contributed by atoms with Crippen LogP contribution in [-0.4, -0.2) is 19.1 Å². The van der Waals surface area contributed by atoms with Crippen LogP contribution in [0.5, 0.6) is 0 Å². The summed E-state index contributed by atoms with van der Waals surface area (Å²) in [6.07, 6.45) is 9.46. The van der Waals surface area contributed by atoms with Crippen LogP contribution in [0.15, 0.2) is 36.4 Å². The Kier molecular flexibility index (Phi) is 7.74. The molecule has 0 bridgehead atoms. The summed E-state index contributed by atoms with van der Waals surface area (Å²) in [6.45, 7) is 6.61. The molecule has 0 amide bonds. The topological polar surface area (TPSA) is 38.3 Å². The fourth-order valence-corrected chi connectivity index (χ4v) is 1.79. The smallest absolute Gasteiger partial charge is 0.333 e. The highest BCUT2D eigenvalue weighted by Gasteiger charge is 2.01. The molecule has 0 fully saturated rings. The Morgan fingerprint density at radius 1 is 1.24 bits per heavy atom. The maximum Gasteiger partial charge on any atom is 0.333 e. The fourth-order valence-electron chi connectivity index (χ4n) is 1.79. The van der Waals surface area contributed by atoms with Gasteiger partial charge in [0, 0.05) is 23.4 Å². The van der Waals surface area contributed by atoms with Crippen molar-refractivity contribution in [3.63, 3.8) is 0 Å². The molecule has 0 aromatic heterocycles. The maximum atomic E-state index is 11.1. The summed E-state index contributed by atoms with van der Waals surface area (Å²) < 4.78 is 5.03. The summed E-state index contributed by atoms with van der Waals surface area (Å²) in [5.74, 6) is 2.30. The molecule has 0 aliphatic heterocycles. The number of anilines is 1. The molecule has 0 heterocycles. The van der Waals surface area contributed by atoms with Crippen LogP contribution in [0.25, 0.3) is 0 Å². The number of rotatable bonds is 9. The molecule has 3 heteroatoms. The van der Waals surface area contributed by atoms with E-state index in [1.54, 1.807) is 6.92 Å². The third-order valence-electron chi connectivity index (χ3n) is 3.03. The van der Waals surface area contributed by atoms with Crippen molar-refractivity contribution in [2.75, 3.05) is 18.5 Å². The number of hydrogen-bond acceptors (Lipinski definition) is 3. The van der Waals surface area contributed by atoms with Crippen molar-refractivity contribution in [3.05, 3.63) is 42.0 Å². The average Bonchev–Trinajstić information content (AvgIpc) is 2.50. The number of terminal acetylenes is 1. The van der Waals surface area contributed by atoms with Crippen molar-refractivity contribution < 1.29 is 9.53 Å². The Morgan fingerprint density at radius 2 is 1.90 bits per heavy atom. The monoisotopic (exact) mass is 285 g/mol. The number of carbonyl (C=O) groups is 1. The summed E-state index contributed by atoms with van der Waals surface area (Å²) in [5.41, 5.74) is 2.43. The average molecular weight is 285 g/mol. The van der Waals surface area contributed by atoms with Crippen molar-refractivity contribution in [3.8, 4) is 12.3 Å². The Hall–Kier alpha value is -2.21. The largest absolute Gasteiger partial charge is 0.462 e. The summed E-state index contributed by atoms with van der Waals surface area (Å²) in [7, 11) is 0. The summed E-state index contributed by atoms with van der Waals surface area (Å²) in [4.78, 5) is 11.1. The van der Waals surface area contributed by atoms with Crippen molar-refractivity contribution in [1.29, 1.82) is 0 Å². The van der Waals surface area contributed by atoms with Crippen molar-refractivity contribution in [2.24, 2.45) is 0 Å². The van der Waals surface area contributed by atoms with Crippen LogP contribution in [0.2, 0.25) is 0 Å². The van der Waals surface area contributed by atoms with Gasteiger partial charge >= 0.3 is 5.97 Å². The van der Waals surface area contributed by atoms with Gasteiger partial charge in [0.05, 0.1) is 6.61 Å². The van der Waals surface area contributed by atoms with E-state index in [1.807, 2.05) is 24.3 Å². The first-order valence-corrected chi connectivity index (χ1v) is 7.26. The zero-order valence-corrected chi connectivity index (χ0v) is 12.7. The molecule has 0 radical (unpaired) electrons. The molecule has 0 aliphatic rings. The lowest BCUT2D eigenvalue weighted by Crippen LogP contribution is -2.06. The molecule has 1 N–H and O–H groups in total. The summed E-state index contributed by atoms with van der Waals surface area (Å²) >= 11 is 0. The van der Waals surface area contributed by atoms with Gasteiger partial charge in [-0.2, -0.15) is 0 Å². The Morgan fingerprint density at radius 3 is 2.52 bits per heavy atom. The first kappa shape index (κ1) is 16.8. The Balaban J connectivity index is 2.01. The number of esters is 1. The minimum absolute atomic E-state index is 0.299. The predicted octanol–water partition coefficient (Wildman–Crippen LogP) is 3.76. The first-order valence-electron chi connectivity index (χ1n) is 7.26. The van der Waals surface area contributed by atoms with E-state index in [0.29, 0.717) is 12.2 Å². The fraction of sp³-hybridized carbons (Fsp3) is 0.389. The van der Waals surface area contributed by atoms with Crippen LogP contribution in [-0.2, 0) is 9.53 Å². The number of unbranched alkanes of at least 4 members (excludes halogenated alkanes) is 3. The van der Waals surface area contributed by atoms with Gasteiger partial charge in [-0.05, 0) is 50.5 Å². The van der Waals surface area contributed by atoms with Crippen LogP contribution >= 0.6 is 0 Å². The number of carbonyl (C=O) groups excluding carboxylic acids is 1. The van der Waals surface area contributed by atoms with E-state index in [4.69, 9.17) is 11.2 Å². The standard InChI is InChI=1S/C18H23NO2/c1-4-16-9-11-17(12-10-16)19-13-7-5-6-8-14-21-18(20)15(2)3/h1,9-12,19H,2,5-8,13-14H2,3H3. The van der Waals surface area contributed by atoms with Gasteiger partial charge < -0.3 is 10.1 Å². The van der Waals surface area contributed by atoms with Gasteiger partial charge in [0.25, 0.3) is 0 Å². The predicted molar refractivity (Wildman–Crippen MR) is 87.1 cm³/mol. The van der Waals surface area contributed by atoms with Gasteiger partial charge in [0.15, 0.2) is 0 Å². The second-order valence-corrected chi connectivity index (χ2v) is 4.98. The van der Waals surface area contributed by atoms with E-state index in [1.165, 1.54) is 0 Å². The number of benzene rings is 1. The van der Waals surface area contributed by atoms with E-state index in [0.717, 1.165) is 43.5 Å². The zero-order chi connectivity index (χ0) is 15.5. The lowest BCUT2D eigenvalue weighted by Gasteiger charge is -2.07. The molecule has 0 saturated carbocycles. The van der Waals surface area contributed by atoms with E-state index in [-0.39, 0.29) is 5.97 Å². The highest BCUT2D eigenvalue weighted by molar-refractivity contribution is 5.86. The van der Waals surface area contributed by atoms with Gasteiger partial charge in [0.2, 0.25) is 0 Å². The number of hydrogen-bond donors (Lipinski definition) is 1. The lowest BCUT2D eigenvalue weighted by atomic mass is 10.2. The number of ether oxygens (including phenoxy) is 1. The normalized spacial score (nSPS) is 9.71. The molecule has 0 saturated heterocycles. The zero-order valence-electron chi connectivity index (χ0n) is 12.7. The second kappa shape index (κ2) is 9.66. The molecule has 1 rings (SSSR count). The lowest BCUT2D eigenvalue weighted by molar-refractivity contribution is -0.139. The Labute approximate surface area is 127 Å². The molecule has 0 unspecified atom stereocenters. The minimum atomic E-state index is -0.299. The van der Waals surface area contributed by atoms with Gasteiger partial charge in [-0.3, -0.25) is 0 Å². The van der Waals surface area contributed by atoms with E-state index < -0.39 is 0 Å². The van der Waals surface area contributed by atoms with Crippen LogP contribution in [0, 0.1) is 12.3 Å². The van der Waals surface area contributed by atoms with Crippen LogP contribution in [0.3, 0.4) is 0 Å². The highest BCUT2D eigenvalue weighted by Crippen LogP contribution is 2.09. The molecular weight excluding hydrogens is 262 g/mol. The van der Waals surface area contributed by atoms with E-state index >= 15 is 0 Å². The second-order valence-electron chi connectivity index (χ2n) is 4.98. The molecule has 1 aromatic carbocycles. The van der Waals surface area contributed by atoms with Gasteiger partial charge in [-0.15, -0.1) is 6.42 Å². The molecular formula is C18H23NO2. The van der Waals surface area contributed by atoms with Crippen molar-refractivity contribution in [2.45, 2.75) is 32.6 Å². The van der Waals surface area contributed by atoms with E-state index in [2.05, 4.69) is 17.8 Å². The minimum Gasteiger partial charge on any atom is -0.462 e. The molecule has 0 spiro atoms. The SMILES string of the molecule is C#Cc1ccc(NCCCCCCOC(=O)C(=C)C)cc1. The molecule has 3 nitrogen and oxygen atoms in total. The quantitative estimate of drug-likeness (QED) is 0.325. The third-order valence-corrected chi connectivity index (χ3v) is 3.03. The van der Waals surface area contributed by atoms with Crippen LogP contribution in [0.1, 0.15) is 38.2 Å². The molecule has 0 aliphatic carbocycles. The van der Waals surface area contributed by atoms with E-state index in [9.17, 15) is 4.79 Å². The van der Waals surface area contributed by atoms with Gasteiger partial charge in [-0.1, -0.05) is 18.9 Å². The maximum absolute atomic E-state index is 11.1. The number of nitrogens with one attached hydrogen (secondary N) is 1. The van der Waals surface area contributed by atoms with Crippen molar-refractivity contribution in [1.82, 2.24) is 0 Å². The Bertz CT molecular complexity index is 497. The van der Waals surface area contributed by atoms with Crippen LogP contribution in [0.4, 0.5) is 5.69 Å².